The topological polar surface area (TPSA) is 29.5 Å². The highest BCUT2D eigenvalue weighted by Crippen LogP contribution is 2.19. The minimum Gasteiger partial charge on any atom is -0.383 e. The number of hydrogen-bond donors (Lipinski definition) is 0. The van der Waals surface area contributed by atoms with Crippen LogP contribution in [-0.4, -0.2) is 37.6 Å². The molecule has 0 N–H and O–H groups in total. The molecule has 0 unspecified atom stereocenters. The zero-order chi connectivity index (χ0) is 11.8. The molecule has 1 amide bonds. The van der Waals surface area contributed by atoms with E-state index in [1.807, 2.05) is 11.8 Å². The van der Waals surface area contributed by atoms with E-state index in [2.05, 4.69) is 12.2 Å². The first-order chi connectivity index (χ1) is 7.77. The van der Waals surface area contributed by atoms with Crippen LogP contribution in [0.3, 0.4) is 0 Å². The van der Waals surface area contributed by atoms with E-state index < -0.39 is 0 Å². The van der Waals surface area contributed by atoms with Crippen molar-refractivity contribution >= 4 is 5.91 Å². The summed E-state index contributed by atoms with van der Waals surface area (Å²) in [7, 11) is 1.68. The van der Waals surface area contributed by atoms with Crippen LogP contribution in [0.5, 0.6) is 0 Å². The lowest BCUT2D eigenvalue weighted by atomic mass is 9.94. The Hall–Kier alpha value is -0.830. The van der Waals surface area contributed by atoms with Crippen LogP contribution in [0.25, 0.3) is 0 Å². The molecule has 1 rings (SSSR count). The maximum Gasteiger partial charge on any atom is 0.222 e. The Balaban J connectivity index is 2.41. The summed E-state index contributed by atoms with van der Waals surface area (Å²) in [5.41, 5.74) is 0. The van der Waals surface area contributed by atoms with Crippen LogP contribution in [0.1, 0.15) is 32.6 Å². The van der Waals surface area contributed by atoms with Gasteiger partial charge < -0.3 is 9.64 Å². The van der Waals surface area contributed by atoms with Crippen LogP contribution in [0.4, 0.5) is 0 Å². The van der Waals surface area contributed by atoms with Gasteiger partial charge in [-0.25, -0.2) is 0 Å². The Morgan fingerprint density at radius 1 is 1.50 bits per heavy atom. The van der Waals surface area contributed by atoms with Crippen molar-refractivity contribution in [3.8, 4) is 0 Å². The van der Waals surface area contributed by atoms with Gasteiger partial charge >= 0.3 is 0 Å². The lowest BCUT2D eigenvalue weighted by Gasteiger charge is -2.28. The third kappa shape index (κ3) is 4.35. The second-order valence-electron chi connectivity index (χ2n) is 4.34. The van der Waals surface area contributed by atoms with Crippen molar-refractivity contribution in [2.75, 3.05) is 26.8 Å². The number of methoxy groups -OCH3 is 1. The summed E-state index contributed by atoms with van der Waals surface area (Å²) >= 11 is 0. The van der Waals surface area contributed by atoms with Crippen LogP contribution in [-0.2, 0) is 9.53 Å². The summed E-state index contributed by atoms with van der Waals surface area (Å²) in [5.74, 6) is 0.879. The minimum absolute atomic E-state index is 0.242. The lowest BCUT2D eigenvalue weighted by molar-refractivity contribution is -0.132. The van der Waals surface area contributed by atoms with Crippen LogP contribution in [0.15, 0.2) is 12.2 Å². The Kier molecular flexibility index (Phi) is 6.16. The summed E-state index contributed by atoms with van der Waals surface area (Å²) in [5, 5.41) is 0. The maximum atomic E-state index is 11.7. The van der Waals surface area contributed by atoms with E-state index in [-0.39, 0.29) is 5.91 Å². The zero-order valence-corrected chi connectivity index (χ0v) is 10.4. The van der Waals surface area contributed by atoms with Crippen LogP contribution in [0, 0.1) is 5.92 Å². The van der Waals surface area contributed by atoms with Crippen molar-refractivity contribution < 1.29 is 9.53 Å². The van der Waals surface area contributed by atoms with Gasteiger partial charge in [0.2, 0.25) is 5.91 Å². The van der Waals surface area contributed by atoms with Gasteiger partial charge in [-0.05, 0) is 25.2 Å². The van der Waals surface area contributed by atoms with E-state index >= 15 is 0 Å². The molecule has 0 aromatic carbocycles. The van der Waals surface area contributed by atoms with Gasteiger partial charge in [0, 0.05) is 26.6 Å². The molecule has 0 radical (unpaired) electrons. The standard InChI is InChI=1S/C13H23NO2/c1-3-13(15)14(9-10-16-2)11-12-7-5-4-6-8-12/h4-5,12H,3,6-11H2,1-2H3/t12-/m0/s1. The Morgan fingerprint density at radius 3 is 2.88 bits per heavy atom. The molecular formula is C13H23NO2. The number of hydrogen-bond acceptors (Lipinski definition) is 2. The molecule has 0 saturated carbocycles. The summed E-state index contributed by atoms with van der Waals surface area (Å²) < 4.78 is 5.05. The van der Waals surface area contributed by atoms with E-state index in [1.54, 1.807) is 7.11 Å². The first-order valence-electron chi connectivity index (χ1n) is 6.19. The molecule has 1 aliphatic rings. The molecule has 0 aromatic rings. The average Bonchev–Trinajstić information content (AvgIpc) is 2.34. The fourth-order valence-electron chi connectivity index (χ4n) is 2.08. The Morgan fingerprint density at radius 2 is 2.31 bits per heavy atom. The van der Waals surface area contributed by atoms with Crippen molar-refractivity contribution in [2.45, 2.75) is 32.6 Å². The molecule has 3 heteroatoms. The van der Waals surface area contributed by atoms with Gasteiger partial charge in [-0.1, -0.05) is 19.1 Å². The molecule has 0 fully saturated rings. The van der Waals surface area contributed by atoms with Gasteiger partial charge in [0.05, 0.1) is 6.61 Å². The highest BCUT2D eigenvalue weighted by molar-refractivity contribution is 5.75. The fraction of sp³-hybridized carbons (Fsp3) is 0.769. The van der Waals surface area contributed by atoms with Crippen molar-refractivity contribution in [3.63, 3.8) is 0 Å². The van der Waals surface area contributed by atoms with Gasteiger partial charge in [0.15, 0.2) is 0 Å². The molecule has 0 saturated heterocycles. The van der Waals surface area contributed by atoms with Crippen LogP contribution in [0.2, 0.25) is 0 Å². The first kappa shape index (κ1) is 13.2. The number of amides is 1. The lowest BCUT2D eigenvalue weighted by Crippen LogP contribution is -2.37. The van der Waals surface area contributed by atoms with Crippen molar-refractivity contribution in [1.29, 1.82) is 0 Å². The monoisotopic (exact) mass is 225 g/mol. The quantitative estimate of drug-likeness (QED) is 0.649. The normalized spacial score (nSPS) is 19.8. The minimum atomic E-state index is 0.242. The van der Waals surface area contributed by atoms with Crippen LogP contribution >= 0.6 is 0 Å². The smallest absolute Gasteiger partial charge is 0.222 e. The van der Waals surface area contributed by atoms with E-state index in [0.29, 0.717) is 18.9 Å². The van der Waals surface area contributed by atoms with E-state index in [0.717, 1.165) is 25.9 Å². The van der Waals surface area contributed by atoms with Gasteiger partial charge in [0.1, 0.15) is 0 Å². The summed E-state index contributed by atoms with van der Waals surface area (Å²) in [6.07, 6.45) is 8.53. The largest absolute Gasteiger partial charge is 0.383 e. The molecule has 0 spiro atoms. The molecule has 3 nitrogen and oxygen atoms in total. The van der Waals surface area contributed by atoms with Gasteiger partial charge in [-0.3, -0.25) is 4.79 Å². The number of allylic oxidation sites excluding steroid dienone is 2. The molecule has 16 heavy (non-hydrogen) atoms. The van der Waals surface area contributed by atoms with Gasteiger partial charge in [0.25, 0.3) is 0 Å². The van der Waals surface area contributed by atoms with Gasteiger partial charge in [-0.15, -0.1) is 0 Å². The molecule has 92 valence electrons. The van der Waals surface area contributed by atoms with E-state index in [1.165, 1.54) is 6.42 Å². The third-order valence-corrected chi connectivity index (χ3v) is 3.08. The van der Waals surface area contributed by atoms with E-state index in [9.17, 15) is 4.79 Å². The number of ether oxygens (including phenoxy) is 1. The van der Waals surface area contributed by atoms with E-state index in [4.69, 9.17) is 4.74 Å². The highest BCUT2D eigenvalue weighted by atomic mass is 16.5. The molecule has 0 aromatic heterocycles. The van der Waals surface area contributed by atoms with Gasteiger partial charge in [-0.2, -0.15) is 0 Å². The first-order valence-corrected chi connectivity index (χ1v) is 6.19. The molecule has 1 aliphatic carbocycles. The van der Waals surface area contributed by atoms with Crippen molar-refractivity contribution in [3.05, 3.63) is 12.2 Å². The highest BCUT2D eigenvalue weighted by Gasteiger charge is 2.17. The summed E-state index contributed by atoms with van der Waals surface area (Å²) in [4.78, 5) is 13.7. The second kappa shape index (κ2) is 7.44. The molecule has 0 heterocycles. The number of nitrogens with zero attached hydrogens (tertiary/aromatic N) is 1. The summed E-state index contributed by atoms with van der Waals surface area (Å²) in [6, 6.07) is 0. The average molecular weight is 225 g/mol. The second-order valence-corrected chi connectivity index (χ2v) is 4.34. The molecule has 0 bridgehead atoms. The molecule has 1 atom stereocenters. The van der Waals surface area contributed by atoms with Crippen LogP contribution < -0.4 is 0 Å². The number of carbonyl (C=O) groups excluding carboxylic acids is 1. The molecule has 0 aliphatic heterocycles. The molecular weight excluding hydrogens is 202 g/mol. The predicted octanol–water partition coefficient (Wildman–Crippen LogP) is 2.23. The summed E-state index contributed by atoms with van der Waals surface area (Å²) in [6.45, 7) is 4.17. The van der Waals surface area contributed by atoms with Crippen molar-refractivity contribution in [1.82, 2.24) is 4.90 Å². The Bertz CT molecular complexity index is 238. The maximum absolute atomic E-state index is 11.7. The Labute approximate surface area is 98.5 Å². The predicted molar refractivity (Wildman–Crippen MR) is 65.2 cm³/mol. The number of rotatable bonds is 6. The number of carbonyl (C=O) groups is 1. The third-order valence-electron chi connectivity index (χ3n) is 3.08. The fourth-order valence-corrected chi connectivity index (χ4v) is 2.08. The zero-order valence-electron chi connectivity index (χ0n) is 10.4. The van der Waals surface area contributed by atoms with Crippen molar-refractivity contribution in [2.24, 2.45) is 5.92 Å². The SMILES string of the molecule is CCC(=O)N(CCOC)C[C@H]1CC=CCC1.